The average molecular weight is 252 g/mol. The first-order valence-electron chi connectivity index (χ1n) is 5.83. The third-order valence-electron chi connectivity index (χ3n) is 2.68. The normalized spacial score (nSPS) is 11.9. The van der Waals surface area contributed by atoms with Crippen LogP contribution in [0.3, 0.4) is 0 Å². The molecule has 0 aliphatic heterocycles. The van der Waals surface area contributed by atoms with E-state index < -0.39 is 0 Å². The Morgan fingerprint density at radius 3 is 2.78 bits per heavy atom. The predicted octanol–water partition coefficient (Wildman–Crippen LogP) is 2.03. The SMILES string of the molecule is COc1cc(N)ccc1NC(=O)CCC(C)OC. The van der Waals surface area contributed by atoms with E-state index in [4.69, 9.17) is 15.2 Å². The van der Waals surface area contributed by atoms with E-state index in [1.807, 2.05) is 6.92 Å². The molecule has 0 spiro atoms. The minimum Gasteiger partial charge on any atom is -0.494 e. The molecule has 100 valence electrons. The summed E-state index contributed by atoms with van der Waals surface area (Å²) in [7, 11) is 3.17. The van der Waals surface area contributed by atoms with E-state index in [0.717, 1.165) is 0 Å². The summed E-state index contributed by atoms with van der Waals surface area (Å²) in [5.74, 6) is 0.491. The summed E-state index contributed by atoms with van der Waals surface area (Å²) in [6.07, 6.45) is 1.16. The topological polar surface area (TPSA) is 73.6 Å². The summed E-state index contributed by atoms with van der Waals surface area (Å²) in [6, 6.07) is 5.12. The van der Waals surface area contributed by atoms with Crippen LogP contribution < -0.4 is 15.8 Å². The van der Waals surface area contributed by atoms with Crippen LogP contribution >= 0.6 is 0 Å². The molecule has 1 aromatic carbocycles. The van der Waals surface area contributed by atoms with Crippen LogP contribution in [-0.2, 0) is 9.53 Å². The number of anilines is 2. The molecule has 0 bridgehead atoms. The van der Waals surface area contributed by atoms with Crippen molar-refractivity contribution in [2.45, 2.75) is 25.9 Å². The number of methoxy groups -OCH3 is 2. The molecule has 0 aromatic heterocycles. The molecular weight excluding hydrogens is 232 g/mol. The van der Waals surface area contributed by atoms with Crippen molar-refractivity contribution in [3.63, 3.8) is 0 Å². The maximum Gasteiger partial charge on any atom is 0.224 e. The zero-order valence-corrected chi connectivity index (χ0v) is 11.0. The maximum absolute atomic E-state index is 11.7. The Balaban J connectivity index is 2.59. The highest BCUT2D eigenvalue weighted by molar-refractivity contribution is 5.92. The number of hydrogen-bond donors (Lipinski definition) is 2. The molecule has 0 aliphatic carbocycles. The van der Waals surface area contributed by atoms with Gasteiger partial charge in [-0.3, -0.25) is 4.79 Å². The Hall–Kier alpha value is -1.75. The third-order valence-corrected chi connectivity index (χ3v) is 2.68. The van der Waals surface area contributed by atoms with Gasteiger partial charge in [-0.2, -0.15) is 0 Å². The molecule has 0 saturated heterocycles. The second-order valence-corrected chi connectivity index (χ2v) is 4.09. The first-order chi connectivity index (χ1) is 8.56. The van der Waals surface area contributed by atoms with Gasteiger partial charge in [0.25, 0.3) is 0 Å². The molecule has 0 saturated carbocycles. The van der Waals surface area contributed by atoms with Crippen molar-refractivity contribution < 1.29 is 14.3 Å². The molecule has 1 aromatic rings. The van der Waals surface area contributed by atoms with Gasteiger partial charge < -0.3 is 20.5 Å². The Labute approximate surface area is 107 Å². The van der Waals surface area contributed by atoms with Gasteiger partial charge in [0.15, 0.2) is 0 Å². The molecule has 5 nitrogen and oxygen atoms in total. The monoisotopic (exact) mass is 252 g/mol. The number of rotatable bonds is 6. The Morgan fingerprint density at radius 2 is 2.17 bits per heavy atom. The molecule has 0 fully saturated rings. The molecule has 1 amide bonds. The van der Waals surface area contributed by atoms with Crippen LogP contribution in [0.5, 0.6) is 5.75 Å². The van der Waals surface area contributed by atoms with Crippen LogP contribution in [-0.4, -0.2) is 26.2 Å². The van der Waals surface area contributed by atoms with Crippen LogP contribution in [0.4, 0.5) is 11.4 Å². The molecule has 3 N–H and O–H groups in total. The van der Waals surface area contributed by atoms with Gasteiger partial charge in [-0.15, -0.1) is 0 Å². The van der Waals surface area contributed by atoms with Gasteiger partial charge in [-0.25, -0.2) is 0 Å². The van der Waals surface area contributed by atoms with Crippen LogP contribution in [0.2, 0.25) is 0 Å². The van der Waals surface area contributed by atoms with Gasteiger partial charge in [0.1, 0.15) is 5.75 Å². The number of nitrogens with one attached hydrogen (secondary N) is 1. The number of carbonyl (C=O) groups is 1. The van der Waals surface area contributed by atoms with Crippen LogP contribution in [0.25, 0.3) is 0 Å². The summed E-state index contributed by atoms with van der Waals surface area (Å²) in [6.45, 7) is 1.93. The van der Waals surface area contributed by atoms with Gasteiger partial charge in [-0.05, 0) is 25.5 Å². The predicted molar refractivity (Wildman–Crippen MR) is 71.7 cm³/mol. The maximum atomic E-state index is 11.7. The van der Waals surface area contributed by atoms with E-state index in [1.54, 1.807) is 25.3 Å². The summed E-state index contributed by atoms with van der Waals surface area (Å²) in [5, 5.41) is 2.79. The first kappa shape index (κ1) is 14.3. The van der Waals surface area contributed by atoms with Crippen LogP contribution in [0, 0.1) is 0 Å². The number of nitrogen functional groups attached to an aromatic ring is 1. The Morgan fingerprint density at radius 1 is 1.44 bits per heavy atom. The summed E-state index contributed by atoms with van der Waals surface area (Å²) in [5.41, 5.74) is 6.86. The molecule has 1 atom stereocenters. The number of benzene rings is 1. The number of hydrogen-bond acceptors (Lipinski definition) is 4. The summed E-state index contributed by atoms with van der Waals surface area (Å²) < 4.78 is 10.2. The molecule has 18 heavy (non-hydrogen) atoms. The number of carbonyl (C=O) groups excluding carboxylic acids is 1. The number of nitrogens with two attached hydrogens (primary N) is 1. The Bertz CT molecular complexity index is 407. The fourth-order valence-corrected chi connectivity index (χ4v) is 1.48. The molecule has 1 rings (SSSR count). The molecular formula is C13H20N2O3. The molecule has 0 heterocycles. The van der Waals surface area contributed by atoms with E-state index in [2.05, 4.69) is 5.32 Å². The lowest BCUT2D eigenvalue weighted by Crippen LogP contribution is -2.15. The molecule has 5 heteroatoms. The smallest absolute Gasteiger partial charge is 0.224 e. The van der Waals surface area contributed by atoms with Crippen LogP contribution in [0.1, 0.15) is 19.8 Å². The summed E-state index contributed by atoms with van der Waals surface area (Å²) >= 11 is 0. The molecule has 0 aliphatic rings. The van der Waals surface area contributed by atoms with Gasteiger partial charge in [-0.1, -0.05) is 0 Å². The number of amides is 1. The van der Waals surface area contributed by atoms with E-state index >= 15 is 0 Å². The van der Waals surface area contributed by atoms with Crippen molar-refractivity contribution in [2.24, 2.45) is 0 Å². The quantitative estimate of drug-likeness (QED) is 0.760. The van der Waals surface area contributed by atoms with E-state index in [1.165, 1.54) is 7.11 Å². The fraction of sp³-hybridized carbons (Fsp3) is 0.462. The zero-order valence-electron chi connectivity index (χ0n) is 11.0. The first-order valence-corrected chi connectivity index (χ1v) is 5.83. The zero-order chi connectivity index (χ0) is 13.5. The molecule has 1 unspecified atom stereocenters. The minimum absolute atomic E-state index is 0.0676. The highest BCUT2D eigenvalue weighted by atomic mass is 16.5. The van der Waals surface area contributed by atoms with Crippen molar-refractivity contribution in [1.29, 1.82) is 0 Å². The van der Waals surface area contributed by atoms with Crippen molar-refractivity contribution in [3.8, 4) is 5.75 Å². The van der Waals surface area contributed by atoms with E-state index in [-0.39, 0.29) is 12.0 Å². The lowest BCUT2D eigenvalue weighted by molar-refractivity contribution is -0.116. The lowest BCUT2D eigenvalue weighted by atomic mass is 10.2. The fourth-order valence-electron chi connectivity index (χ4n) is 1.48. The highest BCUT2D eigenvalue weighted by Crippen LogP contribution is 2.26. The van der Waals surface area contributed by atoms with Gasteiger partial charge in [0.2, 0.25) is 5.91 Å². The van der Waals surface area contributed by atoms with Crippen molar-refractivity contribution >= 4 is 17.3 Å². The van der Waals surface area contributed by atoms with Crippen molar-refractivity contribution in [3.05, 3.63) is 18.2 Å². The molecule has 0 radical (unpaired) electrons. The van der Waals surface area contributed by atoms with Gasteiger partial charge in [0.05, 0.1) is 18.9 Å². The lowest BCUT2D eigenvalue weighted by Gasteiger charge is -2.12. The van der Waals surface area contributed by atoms with Crippen molar-refractivity contribution in [1.82, 2.24) is 0 Å². The standard InChI is InChI=1S/C13H20N2O3/c1-9(17-2)4-7-13(16)15-11-6-5-10(14)8-12(11)18-3/h5-6,8-9H,4,7,14H2,1-3H3,(H,15,16). The van der Waals surface area contributed by atoms with E-state index in [9.17, 15) is 4.79 Å². The van der Waals surface area contributed by atoms with Gasteiger partial charge in [0, 0.05) is 25.3 Å². The minimum atomic E-state index is -0.0676. The highest BCUT2D eigenvalue weighted by Gasteiger charge is 2.09. The third kappa shape index (κ3) is 4.25. The number of ether oxygens (including phenoxy) is 2. The van der Waals surface area contributed by atoms with Gasteiger partial charge >= 0.3 is 0 Å². The Kier molecular flexibility index (Phi) is 5.45. The van der Waals surface area contributed by atoms with Crippen molar-refractivity contribution in [2.75, 3.05) is 25.3 Å². The average Bonchev–Trinajstić information content (AvgIpc) is 2.37. The van der Waals surface area contributed by atoms with Crippen LogP contribution in [0.15, 0.2) is 18.2 Å². The largest absolute Gasteiger partial charge is 0.494 e. The summed E-state index contributed by atoms with van der Waals surface area (Å²) in [4.78, 5) is 11.7. The second kappa shape index (κ2) is 6.86. The van der Waals surface area contributed by atoms with E-state index in [0.29, 0.717) is 30.0 Å². The second-order valence-electron chi connectivity index (χ2n) is 4.09.